The number of ether oxygens (including phenoxy) is 1. The number of aliphatic imine (C=N–C) groups is 1. The van der Waals surface area contributed by atoms with Gasteiger partial charge in [0.15, 0.2) is 5.96 Å². The summed E-state index contributed by atoms with van der Waals surface area (Å²) in [6.45, 7) is 4.80. The monoisotopic (exact) mass is 372 g/mol. The Labute approximate surface area is 159 Å². The molecule has 0 aromatic heterocycles. The van der Waals surface area contributed by atoms with Gasteiger partial charge in [-0.3, -0.25) is 4.99 Å². The van der Waals surface area contributed by atoms with E-state index in [9.17, 15) is 0 Å². The number of hydrogen-bond donors (Lipinski definition) is 2. The maximum atomic E-state index is 6.15. The molecule has 26 heavy (non-hydrogen) atoms. The third kappa shape index (κ3) is 4.41. The highest BCUT2D eigenvalue weighted by molar-refractivity contribution is 6.30. The average Bonchev–Trinajstić information content (AvgIpc) is 3.11. The van der Waals surface area contributed by atoms with Crippen LogP contribution in [0.2, 0.25) is 5.02 Å². The summed E-state index contributed by atoms with van der Waals surface area (Å²) < 4.78 is 5.32. The van der Waals surface area contributed by atoms with Crippen molar-refractivity contribution in [2.24, 2.45) is 16.6 Å². The molecule has 1 atom stereocenters. The zero-order chi connectivity index (χ0) is 18.5. The minimum atomic E-state index is 0.409. The molecule has 0 bridgehead atoms. The lowest BCUT2D eigenvalue weighted by atomic mass is 10.1. The molecule has 1 heterocycles. The number of rotatable bonds is 5. The van der Waals surface area contributed by atoms with Crippen molar-refractivity contribution >= 4 is 28.9 Å². The largest absolute Gasteiger partial charge is 0.495 e. The van der Waals surface area contributed by atoms with Gasteiger partial charge in [-0.2, -0.15) is 0 Å². The van der Waals surface area contributed by atoms with Crippen LogP contribution in [-0.2, 0) is 0 Å². The summed E-state index contributed by atoms with van der Waals surface area (Å²) in [7, 11) is 1.64. The van der Waals surface area contributed by atoms with Crippen LogP contribution < -0.4 is 20.7 Å². The predicted octanol–water partition coefficient (Wildman–Crippen LogP) is 3.91. The van der Waals surface area contributed by atoms with Gasteiger partial charge in [0.1, 0.15) is 5.75 Å². The van der Waals surface area contributed by atoms with E-state index in [1.165, 1.54) is 11.3 Å². The molecule has 1 fully saturated rings. The van der Waals surface area contributed by atoms with Crippen molar-refractivity contribution in [3.63, 3.8) is 0 Å². The first-order valence-electron chi connectivity index (χ1n) is 8.78. The molecule has 6 heteroatoms. The molecule has 1 unspecified atom stereocenters. The minimum Gasteiger partial charge on any atom is -0.495 e. The molecule has 0 radical (unpaired) electrons. The smallest absolute Gasteiger partial charge is 0.193 e. The third-order valence-electron chi connectivity index (χ3n) is 4.69. The first-order valence-corrected chi connectivity index (χ1v) is 9.15. The molecule has 1 saturated heterocycles. The van der Waals surface area contributed by atoms with E-state index in [1.807, 2.05) is 36.4 Å². The second-order valence-corrected chi connectivity index (χ2v) is 7.02. The van der Waals surface area contributed by atoms with Crippen molar-refractivity contribution in [3.8, 4) is 5.75 Å². The molecule has 0 spiro atoms. The van der Waals surface area contributed by atoms with Crippen LogP contribution in [0.1, 0.15) is 12.0 Å². The Hall–Kier alpha value is -2.40. The highest BCUT2D eigenvalue weighted by Gasteiger charge is 2.23. The van der Waals surface area contributed by atoms with Crippen LogP contribution in [-0.4, -0.2) is 32.7 Å². The maximum absolute atomic E-state index is 6.15. The summed E-state index contributed by atoms with van der Waals surface area (Å²) in [6.07, 6.45) is 1.09. The van der Waals surface area contributed by atoms with Crippen molar-refractivity contribution < 1.29 is 4.74 Å². The van der Waals surface area contributed by atoms with Gasteiger partial charge in [0, 0.05) is 30.3 Å². The van der Waals surface area contributed by atoms with Gasteiger partial charge in [-0.05, 0) is 49.1 Å². The summed E-state index contributed by atoms with van der Waals surface area (Å²) >= 11 is 6.15. The fourth-order valence-electron chi connectivity index (χ4n) is 3.28. The van der Waals surface area contributed by atoms with Gasteiger partial charge < -0.3 is 20.7 Å². The zero-order valence-corrected chi connectivity index (χ0v) is 16.0. The number of hydrogen-bond acceptors (Lipinski definition) is 3. The quantitative estimate of drug-likeness (QED) is 0.617. The molecule has 2 aromatic rings. The van der Waals surface area contributed by atoms with Gasteiger partial charge in [-0.25, -0.2) is 0 Å². The van der Waals surface area contributed by atoms with Gasteiger partial charge in [-0.1, -0.05) is 29.8 Å². The van der Waals surface area contributed by atoms with Gasteiger partial charge in [0.2, 0.25) is 0 Å². The Bertz CT molecular complexity index is 793. The SMILES string of the molecule is COc1ccccc1NC(N)=NCC1CCN(c2cc(Cl)ccc2C)C1. The number of methoxy groups -OCH3 is 1. The Morgan fingerprint density at radius 1 is 1.35 bits per heavy atom. The van der Waals surface area contributed by atoms with Crippen LogP contribution in [0.5, 0.6) is 5.75 Å². The lowest BCUT2D eigenvalue weighted by Crippen LogP contribution is -2.25. The number of guanidine groups is 1. The van der Waals surface area contributed by atoms with Crippen LogP contribution in [0.4, 0.5) is 11.4 Å². The Balaban J connectivity index is 1.58. The summed E-state index contributed by atoms with van der Waals surface area (Å²) in [5, 5.41) is 3.89. The molecule has 3 N–H and O–H groups in total. The first kappa shape index (κ1) is 18.4. The highest BCUT2D eigenvalue weighted by atomic mass is 35.5. The summed E-state index contributed by atoms with van der Waals surface area (Å²) in [4.78, 5) is 6.90. The number of anilines is 2. The van der Waals surface area contributed by atoms with Crippen molar-refractivity contribution in [1.82, 2.24) is 0 Å². The highest BCUT2D eigenvalue weighted by Crippen LogP contribution is 2.29. The van der Waals surface area contributed by atoms with Crippen LogP contribution >= 0.6 is 11.6 Å². The van der Waals surface area contributed by atoms with Crippen LogP contribution in [0.15, 0.2) is 47.5 Å². The van der Waals surface area contributed by atoms with Crippen LogP contribution in [0, 0.1) is 12.8 Å². The van der Waals surface area contributed by atoms with Crippen molar-refractivity contribution in [3.05, 3.63) is 53.1 Å². The molecule has 0 amide bonds. The van der Waals surface area contributed by atoms with Crippen molar-refractivity contribution in [2.75, 3.05) is 37.0 Å². The summed E-state index contributed by atoms with van der Waals surface area (Å²) in [5.74, 6) is 1.63. The first-order chi connectivity index (χ1) is 12.6. The molecule has 138 valence electrons. The van der Waals surface area contributed by atoms with Crippen LogP contribution in [0.3, 0.4) is 0 Å². The third-order valence-corrected chi connectivity index (χ3v) is 4.92. The molecule has 3 rings (SSSR count). The molecular weight excluding hydrogens is 348 g/mol. The fourth-order valence-corrected chi connectivity index (χ4v) is 3.44. The molecule has 5 nitrogen and oxygen atoms in total. The number of nitrogens with one attached hydrogen (secondary N) is 1. The lowest BCUT2D eigenvalue weighted by molar-refractivity contribution is 0.417. The Morgan fingerprint density at radius 2 is 2.15 bits per heavy atom. The zero-order valence-electron chi connectivity index (χ0n) is 15.2. The predicted molar refractivity (Wildman–Crippen MR) is 110 cm³/mol. The Morgan fingerprint density at radius 3 is 2.96 bits per heavy atom. The summed E-state index contributed by atoms with van der Waals surface area (Å²) in [6, 6.07) is 13.7. The molecule has 0 saturated carbocycles. The lowest BCUT2D eigenvalue weighted by Gasteiger charge is -2.21. The average molecular weight is 373 g/mol. The molecule has 1 aliphatic rings. The number of nitrogens with two attached hydrogens (primary N) is 1. The van der Waals surface area contributed by atoms with Gasteiger partial charge >= 0.3 is 0 Å². The molecule has 1 aliphatic heterocycles. The number of benzene rings is 2. The topological polar surface area (TPSA) is 62.9 Å². The van der Waals surface area contributed by atoms with E-state index in [0.29, 0.717) is 18.4 Å². The van der Waals surface area contributed by atoms with E-state index in [4.69, 9.17) is 22.1 Å². The van der Waals surface area contributed by atoms with E-state index in [-0.39, 0.29) is 0 Å². The Kier molecular flexibility index (Phi) is 5.89. The van der Waals surface area contributed by atoms with E-state index in [0.717, 1.165) is 36.0 Å². The van der Waals surface area contributed by atoms with Crippen LogP contribution in [0.25, 0.3) is 0 Å². The fraction of sp³-hybridized carbons (Fsp3) is 0.350. The van der Waals surface area contributed by atoms with E-state index < -0.39 is 0 Å². The van der Waals surface area contributed by atoms with E-state index >= 15 is 0 Å². The summed E-state index contributed by atoms with van der Waals surface area (Å²) in [5.41, 5.74) is 9.33. The van der Waals surface area contributed by atoms with E-state index in [2.05, 4.69) is 28.2 Å². The second-order valence-electron chi connectivity index (χ2n) is 6.58. The number of para-hydroxylation sites is 2. The second kappa shape index (κ2) is 8.32. The van der Waals surface area contributed by atoms with Gasteiger partial charge in [0.05, 0.1) is 12.8 Å². The minimum absolute atomic E-state index is 0.409. The molecule has 0 aliphatic carbocycles. The molecular formula is C20H25ClN4O. The maximum Gasteiger partial charge on any atom is 0.193 e. The standard InChI is InChI=1S/C20H25ClN4O/c1-14-7-8-16(21)11-18(14)25-10-9-15(13-25)12-23-20(22)24-17-5-3-4-6-19(17)26-2/h3-8,11,15H,9-10,12-13H2,1-2H3,(H3,22,23,24). The van der Waals surface area contributed by atoms with Gasteiger partial charge in [0.25, 0.3) is 0 Å². The van der Waals surface area contributed by atoms with E-state index in [1.54, 1.807) is 7.11 Å². The number of halogens is 1. The normalized spacial score (nSPS) is 17.4. The number of aryl methyl sites for hydroxylation is 1. The molecule has 2 aromatic carbocycles. The number of nitrogens with zero attached hydrogens (tertiary/aromatic N) is 2. The van der Waals surface area contributed by atoms with Crippen molar-refractivity contribution in [1.29, 1.82) is 0 Å². The van der Waals surface area contributed by atoms with Gasteiger partial charge in [-0.15, -0.1) is 0 Å². The van der Waals surface area contributed by atoms with Crippen molar-refractivity contribution in [2.45, 2.75) is 13.3 Å².